The van der Waals surface area contributed by atoms with Crippen molar-refractivity contribution < 1.29 is 63.5 Å². The maximum atomic E-state index is 14.2. The molecule has 5 N–H and O–H groups in total. The van der Waals surface area contributed by atoms with Crippen LogP contribution in [0.3, 0.4) is 0 Å². The molecule has 1 aromatic heterocycles. The number of cyclic esters (lactones) is 1. The number of aromatic nitrogens is 2. The predicted molar refractivity (Wildman–Crippen MR) is 297 cm³/mol. The average Bonchev–Trinajstić information content (AvgIpc) is 3.88. The van der Waals surface area contributed by atoms with Crippen LogP contribution in [0, 0.1) is 17.8 Å². The number of likely N-dealkylation sites (N-methyl/N-ethyl adjacent to an activating group) is 2. The molecule has 3 aliphatic heterocycles. The molecule has 77 heavy (non-hydrogen) atoms. The highest BCUT2D eigenvalue weighted by Gasteiger charge is 2.53. The van der Waals surface area contributed by atoms with Gasteiger partial charge in [-0.1, -0.05) is 79.3 Å². The second-order valence-corrected chi connectivity index (χ2v) is 24.3. The lowest BCUT2D eigenvalue weighted by molar-refractivity contribution is -0.318. The van der Waals surface area contributed by atoms with E-state index in [0.29, 0.717) is 46.2 Å². The van der Waals surface area contributed by atoms with Gasteiger partial charge in [0.05, 0.1) is 61.0 Å². The van der Waals surface area contributed by atoms with Crippen molar-refractivity contribution in [2.75, 3.05) is 34.8 Å². The number of nitrogens with zero attached hydrogens (tertiary/aromatic N) is 4. The van der Waals surface area contributed by atoms with Gasteiger partial charge in [0, 0.05) is 76.1 Å². The number of carbonyl (C=O) groups excluding carboxylic acids is 1. The first kappa shape index (κ1) is 65.6. The van der Waals surface area contributed by atoms with Crippen LogP contribution in [0.15, 0.2) is 55.1 Å². The van der Waals surface area contributed by atoms with Gasteiger partial charge in [-0.05, 0) is 125 Å². The molecule has 4 heterocycles. The lowest BCUT2D eigenvalue weighted by Crippen LogP contribution is -2.60. The van der Waals surface area contributed by atoms with E-state index in [9.17, 15) is 30.3 Å². The van der Waals surface area contributed by atoms with E-state index in [-0.39, 0.29) is 43.4 Å². The van der Waals surface area contributed by atoms with Gasteiger partial charge in [-0.25, -0.2) is 4.98 Å². The standard InChI is InChI=1S/C38H72N2O12.C18H14Cl4N2O/c1-15-27-38(10,46)31(42)24(6)40(13)19-20(2)17-36(8,45)33(52-35-29(41)26(39(11)12)16-21(3)48-35)22(4)30(23(5)34(44)50-27)51-28-18-37(9,47-14)32(43)25(7)49-28;19-13-2-1-12(16(21)7-13)10-25-18(9-24-6-5-23-11-24)15-4-3-14(20)8-17(15)22/h20-33,35,41-43,45-46H,15-19H2,1-14H3;1-8,11,18H,9-10H2/t20-,21-,22+,23-,24-,25+,26+,27-,28+,29-,30+,31-,32+,33-,35+,36-,37-,38-;/m1./s1. The molecule has 3 saturated heterocycles. The molecule has 21 heteroatoms. The topological polar surface area (TPSA) is 207 Å². The summed E-state index contributed by atoms with van der Waals surface area (Å²) in [5.41, 5.74) is -2.67. The highest BCUT2D eigenvalue weighted by atomic mass is 35.5. The molecule has 0 aliphatic carbocycles. The number of rotatable bonds is 13. The van der Waals surface area contributed by atoms with Crippen molar-refractivity contribution in [2.45, 2.75) is 204 Å². The van der Waals surface area contributed by atoms with Gasteiger partial charge in [0.2, 0.25) is 0 Å². The largest absolute Gasteiger partial charge is 0.459 e. The Morgan fingerprint density at radius 1 is 0.896 bits per heavy atom. The average molecular weight is 1170 g/mol. The third kappa shape index (κ3) is 16.7. The lowest BCUT2D eigenvalue weighted by Gasteiger charge is -2.48. The van der Waals surface area contributed by atoms with Crippen molar-refractivity contribution in [3.63, 3.8) is 0 Å². The molecule has 3 aliphatic rings. The smallest absolute Gasteiger partial charge is 0.311 e. The quantitative estimate of drug-likeness (QED) is 0.102. The molecule has 0 saturated carbocycles. The third-order valence-corrected chi connectivity index (χ3v) is 17.1. The summed E-state index contributed by atoms with van der Waals surface area (Å²) in [6.45, 7) is 18.9. The van der Waals surface area contributed by atoms with E-state index < -0.39 is 96.0 Å². The highest BCUT2D eigenvalue weighted by Crippen LogP contribution is 2.41. The van der Waals surface area contributed by atoms with E-state index in [1.54, 1.807) is 78.3 Å². The first-order valence-electron chi connectivity index (χ1n) is 26.6. The van der Waals surface area contributed by atoms with Crippen LogP contribution in [0.4, 0.5) is 0 Å². The summed E-state index contributed by atoms with van der Waals surface area (Å²) in [5, 5.41) is 60.4. The molecule has 0 spiro atoms. The SMILES string of the molecule is CC[C@H]1OC(=O)[C@H](C)[C@@H](O[C@H]2C[C@@](C)(OC)[C@@H](O)[C@H](C)O2)[C@H](C)[C@@H](O[C@@H]2O[C@H](C)C[C@H](N(C)C)[C@H]2O)[C@](C)(O)C[C@@H](C)CN(C)[C@H](C)[C@@H](O)[C@]1(C)O.Clc1ccc(COC(Cn2ccnc2)c2ccc(Cl)cc2Cl)c(Cl)c1. The fraction of sp³-hybridized carbons (Fsp3) is 0.714. The molecule has 2 aromatic carbocycles. The number of halogens is 4. The maximum absolute atomic E-state index is 14.2. The number of imidazole rings is 1. The number of hydrogen-bond acceptors (Lipinski definition) is 16. The third-order valence-electron chi connectivity index (χ3n) is 15.9. The Morgan fingerprint density at radius 2 is 1.55 bits per heavy atom. The number of hydrogen-bond donors (Lipinski definition) is 5. The highest BCUT2D eigenvalue weighted by molar-refractivity contribution is 6.35. The van der Waals surface area contributed by atoms with Gasteiger partial charge >= 0.3 is 5.97 Å². The summed E-state index contributed by atoms with van der Waals surface area (Å²) in [6, 6.07) is 9.89. The van der Waals surface area contributed by atoms with Crippen LogP contribution in [-0.4, -0.2) is 176 Å². The van der Waals surface area contributed by atoms with E-state index in [1.165, 1.54) is 14.0 Å². The van der Waals surface area contributed by atoms with Crippen molar-refractivity contribution in [2.24, 2.45) is 17.8 Å². The predicted octanol–water partition coefficient (Wildman–Crippen LogP) is 8.36. The van der Waals surface area contributed by atoms with Crippen molar-refractivity contribution in [3.8, 4) is 0 Å². The molecule has 3 aromatic rings. The molecule has 19 atom stereocenters. The summed E-state index contributed by atoms with van der Waals surface area (Å²) >= 11 is 24.5. The lowest BCUT2D eigenvalue weighted by atomic mass is 9.77. The van der Waals surface area contributed by atoms with Crippen LogP contribution in [0.5, 0.6) is 0 Å². The molecule has 436 valence electrons. The normalized spacial score (nSPS) is 37.5. The van der Waals surface area contributed by atoms with Gasteiger partial charge < -0.3 is 73.1 Å². The monoisotopic (exact) mass is 1160 g/mol. The van der Waals surface area contributed by atoms with Crippen molar-refractivity contribution >= 4 is 52.4 Å². The van der Waals surface area contributed by atoms with E-state index in [2.05, 4.69) is 4.98 Å². The minimum absolute atomic E-state index is 0.133. The van der Waals surface area contributed by atoms with Crippen molar-refractivity contribution in [1.29, 1.82) is 0 Å². The minimum atomic E-state index is -1.80. The molecule has 6 rings (SSSR count). The molecular formula is C56H86Cl4N4O13. The number of carbonyl (C=O) groups is 1. The number of aliphatic hydroxyl groups excluding tert-OH is 3. The Morgan fingerprint density at radius 3 is 2.13 bits per heavy atom. The van der Waals surface area contributed by atoms with E-state index in [0.717, 1.165) is 11.1 Å². The number of esters is 1. The number of methoxy groups -OCH3 is 1. The molecule has 1 unspecified atom stereocenters. The first-order chi connectivity index (χ1) is 35.9. The van der Waals surface area contributed by atoms with Gasteiger partial charge in [-0.3, -0.25) is 4.79 Å². The van der Waals surface area contributed by atoms with Crippen molar-refractivity contribution in [1.82, 2.24) is 19.4 Å². The fourth-order valence-corrected chi connectivity index (χ4v) is 12.1. The van der Waals surface area contributed by atoms with Gasteiger partial charge in [-0.2, -0.15) is 0 Å². The van der Waals surface area contributed by atoms with Gasteiger partial charge in [-0.15, -0.1) is 0 Å². The van der Waals surface area contributed by atoms with E-state index in [4.69, 9.17) is 79.6 Å². The van der Waals surface area contributed by atoms with Gasteiger partial charge in [0.1, 0.15) is 36.1 Å². The maximum Gasteiger partial charge on any atom is 0.311 e. The minimum Gasteiger partial charge on any atom is -0.459 e. The summed E-state index contributed by atoms with van der Waals surface area (Å²) in [7, 11) is 7.12. The van der Waals surface area contributed by atoms with Gasteiger partial charge in [0.15, 0.2) is 12.6 Å². The Kier molecular flexibility index (Phi) is 24.0. The van der Waals surface area contributed by atoms with Crippen LogP contribution in [0.25, 0.3) is 0 Å². The second-order valence-electron chi connectivity index (χ2n) is 22.6. The zero-order chi connectivity index (χ0) is 57.5. The number of ether oxygens (including phenoxy) is 7. The van der Waals surface area contributed by atoms with Crippen LogP contribution in [-0.2, 0) is 51.1 Å². The van der Waals surface area contributed by atoms with Gasteiger partial charge in [0.25, 0.3) is 0 Å². The molecule has 0 bridgehead atoms. The van der Waals surface area contributed by atoms with Crippen LogP contribution >= 0.6 is 46.4 Å². The number of benzene rings is 2. The Labute approximate surface area is 476 Å². The fourth-order valence-electron chi connectivity index (χ4n) is 11.2. The summed E-state index contributed by atoms with van der Waals surface area (Å²) in [6.07, 6.45) is -3.16. The Bertz CT molecular complexity index is 2320. The van der Waals surface area contributed by atoms with E-state index in [1.807, 2.05) is 74.6 Å². The second kappa shape index (κ2) is 28.2. The van der Waals surface area contributed by atoms with Crippen LogP contribution < -0.4 is 0 Å². The van der Waals surface area contributed by atoms with E-state index >= 15 is 0 Å². The molecular weight excluding hydrogens is 1080 g/mol. The Hall–Kier alpha value is -2.24. The van der Waals surface area contributed by atoms with Crippen LogP contribution in [0.2, 0.25) is 20.1 Å². The summed E-state index contributed by atoms with van der Waals surface area (Å²) in [5.74, 6) is -2.58. The molecule has 17 nitrogen and oxygen atoms in total. The van der Waals surface area contributed by atoms with Crippen molar-refractivity contribution in [3.05, 3.63) is 86.3 Å². The summed E-state index contributed by atoms with van der Waals surface area (Å²) in [4.78, 5) is 22.1. The first-order valence-corrected chi connectivity index (χ1v) is 28.1. The molecule has 0 amide bonds. The zero-order valence-corrected chi connectivity index (χ0v) is 50.2. The van der Waals surface area contributed by atoms with Crippen LogP contribution in [0.1, 0.15) is 112 Å². The molecule has 0 radical (unpaired) electrons. The number of aliphatic hydroxyl groups is 5. The summed E-state index contributed by atoms with van der Waals surface area (Å²) < 4.78 is 45.6. The Balaban J connectivity index is 0.000000362. The zero-order valence-electron chi connectivity index (χ0n) is 47.2. The molecule has 3 fully saturated rings.